The normalized spacial score (nSPS) is 10.6. The second-order valence-corrected chi connectivity index (χ2v) is 5.41. The van der Waals surface area contributed by atoms with Gasteiger partial charge in [0.05, 0.1) is 6.33 Å². The molecular weight excluding hydrogens is 274 g/mol. The maximum atomic E-state index is 4.64. The lowest BCUT2D eigenvalue weighted by Crippen LogP contribution is -2.06. The van der Waals surface area contributed by atoms with E-state index < -0.39 is 0 Å². The number of aromatic nitrogens is 4. The van der Waals surface area contributed by atoms with E-state index in [2.05, 4.69) is 57.3 Å². The summed E-state index contributed by atoms with van der Waals surface area (Å²) in [5, 5.41) is 3.33. The zero-order valence-electron chi connectivity index (χ0n) is 12.8. The van der Waals surface area contributed by atoms with Gasteiger partial charge in [0, 0.05) is 13.0 Å². The maximum absolute atomic E-state index is 4.64. The van der Waals surface area contributed by atoms with Gasteiger partial charge < -0.3 is 10.3 Å². The first-order chi connectivity index (χ1) is 10.7. The summed E-state index contributed by atoms with van der Waals surface area (Å²) in [7, 11) is 0. The van der Waals surface area contributed by atoms with Gasteiger partial charge in [-0.3, -0.25) is 0 Å². The molecule has 2 N–H and O–H groups in total. The SMILES string of the molecule is CC(C)=CCNc1nc(Cc2ccccc2)nc2nc[nH]c12. The highest BCUT2D eigenvalue weighted by Gasteiger charge is 2.09. The molecule has 3 rings (SSSR count). The number of H-pyrrole nitrogens is 1. The van der Waals surface area contributed by atoms with Crippen molar-refractivity contribution in [1.82, 2.24) is 19.9 Å². The number of rotatable bonds is 5. The van der Waals surface area contributed by atoms with Crippen LogP contribution in [-0.2, 0) is 6.42 Å². The summed E-state index contributed by atoms with van der Waals surface area (Å²) in [5.41, 5.74) is 4.00. The van der Waals surface area contributed by atoms with E-state index in [0.717, 1.165) is 23.7 Å². The number of imidazole rings is 1. The number of fused-ring (bicyclic) bond motifs is 1. The summed E-state index contributed by atoms with van der Waals surface area (Å²) in [4.78, 5) is 16.5. The first-order valence-electron chi connectivity index (χ1n) is 7.33. The van der Waals surface area contributed by atoms with Crippen LogP contribution in [0.15, 0.2) is 48.3 Å². The van der Waals surface area contributed by atoms with E-state index in [-0.39, 0.29) is 0 Å². The van der Waals surface area contributed by atoms with E-state index in [9.17, 15) is 0 Å². The number of nitrogens with one attached hydrogen (secondary N) is 2. The fourth-order valence-electron chi connectivity index (χ4n) is 2.22. The number of anilines is 1. The Morgan fingerprint density at radius 2 is 2.00 bits per heavy atom. The maximum Gasteiger partial charge on any atom is 0.183 e. The van der Waals surface area contributed by atoms with Gasteiger partial charge >= 0.3 is 0 Å². The molecule has 1 aromatic carbocycles. The average molecular weight is 293 g/mol. The topological polar surface area (TPSA) is 66.5 Å². The minimum Gasteiger partial charge on any atom is -0.365 e. The highest BCUT2D eigenvalue weighted by Crippen LogP contribution is 2.18. The first kappa shape index (κ1) is 14.3. The van der Waals surface area contributed by atoms with Crippen LogP contribution < -0.4 is 5.32 Å². The molecule has 0 atom stereocenters. The lowest BCUT2D eigenvalue weighted by Gasteiger charge is -2.07. The van der Waals surface area contributed by atoms with E-state index in [1.54, 1.807) is 6.33 Å². The van der Waals surface area contributed by atoms with Crippen molar-refractivity contribution in [3.05, 3.63) is 59.7 Å². The predicted molar refractivity (Wildman–Crippen MR) is 88.9 cm³/mol. The Hall–Kier alpha value is -2.69. The van der Waals surface area contributed by atoms with Crippen LogP contribution in [0.3, 0.4) is 0 Å². The van der Waals surface area contributed by atoms with Gasteiger partial charge in [-0.2, -0.15) is 0 Å². The quantitative estimate of drug-likeness (QED) is 0.708. The zero-order chi connectivity index (χ0) is 15.4. The Labute approximate surface area is 129 Å². The molecule has 0 unspecified atom stereocenters. The second-order valence-electron chi connectivity index (χ2n) is 5.41. The highest BCUT2D eigenvalue weighted by atomic mass is 15.1. The van der Waals surface area contributed by atoms with Crippen LogP contribution in [0.5, 0.6) is 0 Å². The largest absolute Gasteiger partial charge is 0.365 e. The number of hydrogen-bond donors (Lipinski definition) is 2. The van der Waals surface area contributed by atoms with Gasteiger partial charge in [-0.1, -0.05) is 42.0 Å². The van der Waals surface area contributed by atoms with Crippen molar-refractivity contribution in [1.29, 1.82) is 0 Å². The molecule has 0 bridgehead atoms. The molecule has 3 aromatic rings. The molecule has 0 amide bonds. The molecule has 2 aromatic heterocycles. The van der Waals surface area contributed by atoms with E-state index in [1.165, 1.54) is 11.1 Å². The molecule has 0 saturated heterocycles. The summed E-state index contributed by atoms with van der Waals surface area (Å²) < 4.78 is 0. The van der Waals surface area contributed by atoms with Crippen molar-refractivity contribution in [2.24, 2.45) is 0 Å². The highest BCUT2D eigenvalue weighted by molar-refractivity contribution is 5.82. The molecule has 22 heavy (non-hydrogen) atoms. The summed E-state index contributed by atoms with van der Waals surface area (Å²) in [6, 6.07) is 10.2. The fraction of sp³-hybridized carbons (Fsp3) is 0.235. The predicted octanol–water partition coefficient (Wildman–Crippen LogP) is 3.32. The molecule has 0 spiro atoms. The van der Waals surface area contributed by atoms with Crippen LogP contribution in [0.25, 0.3) is 11.2 Å². The van der Waals surface area contributed by atoms with Crippen molar-refractivity contribution in [3.63, 3.8) is 0 Å². The average Bonchev–Trinajstić information content (AvgIpc) is 2.96. The summed E-state index contributed by atoms with van der Waals surface area (Å²) in [6.07, 6.45) is 4.47. The van der Waals surface area contributed by atoms with Gasteiger partial charge in [0.25, 0.3) is 0 Å². The standard InChI is InChI=1S/C17H19N5/c1-12(2)8-9-18-16-15-17(20-11-19-15)22-14(21-16)10-13-6-4-3-5-7-13/h3-8,11H,9-10H2,1-2H3,(H2,18,19,20,21,22). The molecule has 5 heteroatoms. The van der Waals surface area contributed by atoms with Crippen LogP contribution in [0.4, 0.5) is 5.82 Å². The Balaban J connectivity index is 1.89. The lowest BCUT2D eigenvalue weighted by atomic mass is 10.1. The molecule has 0 radical (unpaired) electrons. The molecule has 0 fully saturated rings. The minimum absolute atomic E-state index is 0.695. The van der Waals surface area contributed by atoms with Crippen molar-refractivity contribution in [2.45, 2.75) is 20.3 Å². The summed E-state index contributed by atoms with van der Waals surface area (Å²) in [5.74, 6) is 1.57. The molecule has 2 heterocycles. The van der Waals surface area contributed by atoms with Gasteiger partial charge in [-0.25, -0.2) is 15.0 Å². The minimum atomic E-state index is 0.695. The van der Waals surface area contributed by atoms with Gasteiger partial charge in [0.1, 0.15) is 11.3 Å². The van der Waals surface area contributed by atoms with E-state index in [4.69, 9.17) is 0 Å². The number of benzene rings is 1. The number of hydrogen-bond acceptors (Lipinski definition) is 4. The molecule has 112 valence electrons. The first-order valence-corrected chi connectivity index (χ1v) is 7.33. The molecule has 0 aliphatic rings. The van der Waals surface area contributed by atoms with Crippen LogP contribution in [0, 0.1) is 0 Å². The van der Waals surface area contributed by atoms with Gasteiger partial charge in [-0.15, -0.1) is 0 Å². The fourth-order valence-corrected chi connectivity index (χ4v) is 2.22. The van der Waals surface area contributed by atoms with Crippen LogP contribution in [-0.4, -0.2) is 26.5 Å². The Morgan fingerprint density at radius 1 is 1.18 bits per heavy atom. The van der Waals surface area contributed by atoms with E-state index in [1.807, 2.05) is 18.2 Å². The summed E-state index contributed by atoms with van der Waals surface area (Å²) in [6.45, 7) is 4.89. The molecule has 0 aliphatic heterocycles. The van der Waals surface area contributed by atoms with Crippen LogP contribution in [0.2, 0.25) is 0 Å². The Bertz CT molecular complexity index is 785. The third kappa shape index (κ3) is 3.31. The van der Waals surface area contributed by atoms with Crippen LogP contribution >= 0.6 is 0 Å². The van der Waals surface area contributed by atoms with Crippen molar-refractivity contribution in [3.8, 4) is 0 Å². The van der Waals surface area contributed by atoms with Crippen molar-refractivity contribution < 1.29 is 0 Å². The van der Waals surface area contributed by atoms with Gasteiger partial charge in [0.15, 0.2) is 11.5 Å². The zero-order valence-corrected chi connectivity index (χ0v) is 12.8. The molecule has 5 nitrogen and oxygen atoms in total. The number of nitrogens with zero attached hydrogens (tertiary/aromatic N) is 3. The number of aromatic amines is 1. The Morgan fingerprint density at radius 3 is 2.77 bits per heavy atom. The molecular formula is C17H19N5. The smallest absolute Gasteiger partial charge is 0.183 e. The van der Waals surface area contributed by atoms with Crippen molar-refractivity contribution in [2.75, 3.05) is 11.9 Å². The summed E-state index contributed by atoms with van der Waals surface area (Å²) >= 11 is 0. The monoisotopic (exact) mass is 293 g/mol. The molecule has 0 saturated carbocycles. The number of allylic oxidation sites excluding steroid dienone is 1. The van der Waals surface area contributed by atoms with E-state index in [0.29, 0.717) is 12.1 Å². The van der Waals surface area contributed by atoms with Crippen molar-refractivity contribution >= 4 is 17.0 Å². The Kier molecular flexibility index (Phi) is 4.14. The lowest BCUT2D eigenvalue weighted by molar-refractivity contribution is 0.983. The van der Waals surface area contributed by atoms with Crippen LogP contribution in [0.1, 0.15) is 25.2 Å². The second kappa shape index (κ2) is 6.39. The molecule has 0 aliphatic carbocycles. The van der Waals surface area contributed by atoms with Gasteiger partial charge in [0.2, 0.25) is 0 Å². The van der Waals surface area contributed by atoms with Gasteiger partial charge in [-0.05, 0) is 19.4 Å². The third-order valence-electron chi connectivity index (χ3n) is 3.32. The third-order valence-corrected chi connectivity index (χ3v) is 3.32. The van der Waals surface area contributed by atoms with E-state index >= 15 is 0 Å².